The summed E-state index contributed by atoms with van der Waals surface area (Å²) in [6, 6.07) is 12.5. The molecule has 0 heterocycles. The molecule has 0 aromatic heterocycles. The van der Waals surface area contributed by atoms with Crippen molar-refractivity contribution in [2.75, 3.05) is 7.11 Å². The number of ether oxygens (including phenoxy) is 1. The van der Waals surface area contributed by atoms with E-state index in [2.05, 4.69) is 15.8 Å². The van der Waals surface area contributed by atoms with Crippen LogP contribution in [-0.2, 0) is 4.79 Å². The highest BCUT2D eigenvalue weighted by atomic mass is 16.5. The molecule has 0 aliphatic heterocycles. The summed E-state index contributed by atoms with van der Waals surface area (Å²) in [5, 5.41) is 16.3. The number of nitrogens with one attached hydrogen (secondary N) is 2. The molecule has 27 heavy (non-hydrogen) atoms. The number of hydrogen-bond donors (Lipinski definition) is 3. The van der Waals surface area contributed by atoms with E-state index in [1.165, 1.54) is 12.3 Å². The Labute approximate surface area is 158 Å². The van der Waals surface area contributed by atoms with Gasteiger partial charge < -0.3 is 15.2 Å². The van der Waals surface area contributed by atoms with Crippen molar-refractivity contribution in [3.63, 3.8) is 0 Å². The van der Waals surface area contributed by atoms with Crippen LogP contribution >= 0.6 is 0 Å². The number of amides is 2. The van der Waals surface area contributed by atoms with E-state index in [1.807, 2.05) is 13.8 Å². The van der Waals surface area contributed by atoms with Crippen LogP contribution < -0.4 is 15.5 Å². The van der Waals surface area contributed by atoms with Crippen LogP contribution in [0.1, 0.15) is 29.8 Å². The van der Waals surface area contributed by atoms with Crippen LogP contribution in [-0.4, -0.2) is 36.3 Å². The van der Waals surface area contributed by atoms with E-state index in [9.17, 15) is 14.7 Å². The average Bonchev–Trinajstić information content (AvgIpc) is 2.67. The van der Waals surface area contributed by atoms with Crippen molar-refractivity contribution < 1.29 is 19.4 Å². The molecule has 142 valence electrons. The van der Waals surface area contributed by atoms with Crippen LogP contribution in [0.25, 0.3) is 0 Å². The molecule has 0 spiro atoms. The molecule has 0 saturated heterocycles. The van der Waals surface area contributed by atoms with E-state index in [1.54, 1.807) is 49.6 Å². The second kappa shape index (κ2) is 9.38. The van der Waals surface area contributed by atoms with Gasteiger partial charge in [-0.05, 0) is 42.3 Å². The van der Waals surface area contributed by atoms with Gasteiger partial charge in [-0.2, -0.15) is 5.10 Å². The fourth-order valence-electron chi connectivity index (χ4n) is 2.33. The van der Waals surface area contributed by atoms with Crippen molar-refractivity contribution in [3.05, 3.63) is 59.7 Å². The Morgan fingerprint density at radius 2 is 1.78 bits per heavy atom. The van der Waals surface area contributed by atoms with Gasteiger partial charge in [-0.3, -0.25) is 9.59 Å². The van der Waals surface area contributed by atoms with Gasteiger partial charge in [0.15, 0.2) is 0 Å². The summed E-state index contributed by atoms with van der Waals surface area (Å²) in [7, 11) is 1.55. The number of benzene rings is 2. The van der Waals surface area contributed by atoms with E-state index in [-0.39, 0.29) is 17.6 Å². The van der Waals surface area contributed by atoms with Crippen LogP contribution in [0.5, 0.6) is 11.5 Å². The molecule has 7 nitrogen and oxygen atoms in total. The van der Waals surface area contributed by atoms with Crippen molar-refractivity contribution in [3.8, 4) is 11.5 Å². The van der Waals surface area contributed by atoms with Gasteiger partial charge in [0.2, 0.25) is 0 Å². The van der Waals surface area contributed by atoms with Gasteiger partial charge in [-0.15, -0.1) is 0 Å². The number of nitrogens with zero attached hydrogens (tertiary/aromatic N) is 1. The molecule has 1 atom stereocenters. The molecule has 7 heteroatoms. The summed E-state index contributed by atoms with van der Waals surface area (Å²) in [6.07, 6.45) is 1.34. The largest absolute Gasteiger partial charge is 0.507 e. The lowest BCUT2D eigenvalue weighted by molar-refractivity contribution is -0.123. The lowest BCUT2D eigenvalue weighted by atomic mass is 10.0. The first-order chi connectivity index (χ1) is 12.9. The first-order valence-corrected chi connectivity index (χ1v) is 8.48. The minimum absolute atomic E-state index is 0.0590. The first-order valence-electron chi connectivity index (χ1n) is 8.48. The Bertz CT molecular complexity index is 816. The first kappa shape index (κ1) is 20.0. The highest BCUT2D eigenvalue weighted by Crippen LogP contribution is 2.13. The SMILES string of the molecule is COc1ccc(C(=O)NC(C(=O)NN=Cc2ccccc2O)C(C)C)cc1. The Kier molecular flexibility index (Phi) is 6.93. The number of carbonyl (C=O) groups excluding carboxylic acids is 2. The zero-order valence-corrected chi connectivity index (χ0v) is 15.5. The van der Waals surface area contributed by atoms with Crippen molar-refractivity contribution in [1.29, 1.82) is 0 Å². The predicted molar refractivity (Wildman–Crippen MR) is 103 cm³/mol. The average molecular weight is 369 g/mol. The molecule has 0 fully saturated rings. The van der Waals surface area contributed by atoms with E-state index in [4.69, 9.17) is 4.74 Å². The topological polar surface area (TPSA) is 100 Å². The van der Waals surface area contributed by atoms with Crippen LogP contribution in [0.2, 0.25) is 0 Å². The van der Waals surface area contributed by atoms with Gasteiger partial charge in [0.25, 0.3) is 11.8 Å². The zero-order valence-electron chi connectivity index (χ0n) is 15.5. The zero-order chi connectivity index (χ0) is 19.8. The fourth-order valence-corrected chi connectivity index (χ4v) is 2.33. The molecule has 1 unspecified atom stereocenters. The molecular weight excluding hydrogens is 346 g/mol. The number of aromatic hydroxyl groups is 1. The number of methoxy groups -OCH3 is 1. The summed E-state index contributed by atoms with van der Waals surface area (Å²) >= 11 is 0. The molecule has 2 aromatic carbocycles. The van der Waals surface area contributed by atoms with Gasteiger partial charge in [0.05, 0.1) is 13.3 Å². The Morgan fingerprint density at radius 1 is 1.11 bits per heavy atom. The van der Waals surface area contributed by atoms with Crippen molar-refractivity contribution in [1.82, 2.24) is 10.7 Å². The van der Waals surface area contributed by atoms with Gasteiger partial charge in [-0.1, -0.05) is 26.0 Å². The molecule has 2 amide bonds. The number of rotatable bonds is 7. The number of phenolic OH excluding ortho intramolecular Hbond substituents is 1. The van der Waals surface area contributed by atoms with Crippen LogP contribution in [0, 0.1) is 5.92 Å². The van der Waals surface area contributed by atoms with Gasteiger partial charge in [-0.25, -0.2) is 5.43 Å². The summed E-state index contributed by atoms with van der Waals surface area (Å²) in [6.45, 7) is 3.65. The van der Waals surface area contributed by atoms with Gasteiger partial charge >= 0.3 is 0 Å². The van der Waals surface area contributed by atoms with E-state index in [0.29, 0.717) is 16.9 Å². The predicted octanol–water partition coefficient (Wildman–Crippen LogP) is 2.31. The molecule has 0 bridgehead atoms. The Balaban J connectivity index is 2.01. The lowest BCUT2D eigenvalue weighted by Crippen LogP contribution is -2.48. The second-order valence-electron chi connectivity index (χ2n) is 6.22. The second-order valence-corrected chi connectivity index (χ2v) is 6.22. The van der Waals surface area contributed by atoms with Crippen molar-refractivity contribution in [2.45, 2.75) is 19.9 Å². The number of carbonyl (C=O) groups is 2. The summed E-state index contributed by atoms with van der Waals surface area (Å²) < 4.78 is 5.07. The molecule has 2 rings (SSSR count). The summed E-state index contributed by atoms with van der Waals surface area (Å²) in [4.78, 5) is 24.8. The third-order valence-electron chi connectivity index (χ3n) is 3.90. The number of phenols is 1. The quantitative estimate of drug-likeness (QED) is 0.515. The number of hydrogen-bond acceptors (Lipinski definition) is 5. The standard InChI is InChI=1S/C20H23N3O4/c1-13(2)18(22-19(25)14-8-10-16(27-3)11-9-14)20(26)23-21-12-15-6-4-5-7-17(15)24/h4-13,18,24H,1-3H3,(H,22,25)(H,23,26). The Hall–Kier alpha value is -3.35. The molecule has 0 aliphatic rings. The highest BCUT2D eigenvalue weighted by Gasteiger charge is 2.24. The fraction of sp³-hybridized carbons (Fsp3) is 0.250. The van der Waals surface area contributed by atoms with Crippen molar-refractivity contribution >= 4 is 18.0 Å². The number of para-hydroxylation sites is 1. The monoisotopic (exact) mass is 369 g/mol. The van der Waals surface area contributed by atoms with Crippen LogP contribution in [0.15, 0.2) is 53.6 Å². The minimum Gasteiger partial charge on any atom is -0.507 e. The van der Waals surface area contributed by atoms with Crippen molar-refractivity contribution in [2.24, 2.45) is 11.0 Å². The van der Waals surface area contributed by atoms with Crippen LogP contribution in [0.3, 0.4) is 0 Å². The third-order valence-corrected chi connectivity index (χ3v) is 3.90. The smallest absolute Gasteiger partial charge is 0.262 e. The third kappa shape index (κ3) is 5.57. The minimum atomic E-state index is -0.763. The highest BCUT2D eigenvalue weighted by molar-refractivity contribution is 5.97. The molecule has 0 radical (unpaired) electrons. The summed E-state index contributed by atoms with van der Waals surface area (Å²) in [5.41, 5.74) is 3.30. The molecule has 0 aliphatic carbocycles. The van der Waals surface area contributed by atoms with E-state index >= 15 is 0 Å². The summed E-state index contributed by atoms with van der Waals surface area (Å²) in [5.74, 6) is -0.255. The Morgan fingerprint density at radius 3 is 2.37 bits per heavy atom. The molecule has 3 N–H and O–H groups in total. The maximum Gasteiger partial charge on any atom is 0.262 e. The molecular formula is C20H23N3O4. The van der Waals surface area contributed by atoms with E-state index < -0.39 is 11.9 Å². The van der Waals surface area contributed by atoms with Gasteiger partial charge in [0.1, 0.15) is 17.5 Å². The lowest BCUT2D eigenvalue weighted by Gasteiger charge is -2.20. The molecule has 2 aromatic rings. The van der Waals surface area contributed by atoms with E-state index in [0.717, 1.165) is 0 Å². The number of hydrazone groups is 1. The van der Waals surface area contributed by atoms with Gasteiger partial charge in [0, 0.05) is 11.1 Å². The molecule has 0 saturated carbocycles. The normalized spacial score (nSPS) is 12.0. The van der Waals surface area contributed by atoms with Crippen LogP contribution in [0.4, 0.5) is 0 Å². The maximum atomic E-state index is 12.4. The maximum absolute atomic E-state index is 12.4.